The van der Waals surface area contributed by atoms with Crippen molar-refractivity contribution in [2.45, 2.75) is 50.5 Å². The van der Waals surface area contributed by atoms with Crippen molar-refractivity contribution in [1.82, 2.24) is 4.72 Å². The average Bonchev–Trinajstić information content (AvgIpc) is 2.35. The summed E-state index contributed by atoms with van der Waals surface area (Å²) in [5, 5.41) is 0.588. The van der Waals surface area contributed by atoms with Crippen LogP contribution in [0.15, 0.2) is 23.1 Å². The summed E-state index contributed by atoms with van der Waals surface area (Å²) in [6, 6.07) is 4.87. The van der Waals surface area contributed by atoms with Gasteiger partial charge < -0.3 is 0 Å². The molecule has 0 bridgehead atoms. The molecular formula is C14H20ClNO2S. The van der Waals surface area contributed by atoms with E-state index in [0.29, 0.717) is 15.8 Å². The lowest BCUT2D eigenvalue weighted by Crippen LogP contribution is -2.40. The maximum atomic E-state index is 12.4. The minimum absolute atomic E-state index is 0.0507. The molecule has 1 aliphatic carbocycles. The summed E-state index contributed by atoms with van der Waals surface area (Å²) >= 11 is 5.93. The molecule has 2 atom stereocenters. The van der Waals surface area contributed by atoms with Gasteiger partial charge in [-0.05, 0) is 49.4 Å². The third kappa shape index (κ3) is 3.50. The lowest BCUT2D eigenvalue weighted by atomic mass is 9.87. The summed E-state index contributed by atoms with van der Waals surface area (Å²) in [6.07, 6.45) is 4.30. The van der Waals surface area contributed by atoms with E-state index in [0.717, 1.165) is 24.8 Å². The van der Waals surface area contributed by atoms with Crippen molar-refractivity contribution >= 4 is 21.6 Å². The summed E-state index contributed by atoms with van der Waals surface area (Å²) in [7, 11) is -3.44. The zero-order chi connectivity index (χ0) is 14.0. The summed E-state index contributed by atoms with van der Waals surface area (Å²) in [5.41, 5.74) is 0.779. The molecule has 1 aliphatic rings. The van der Waals surface area contributed by atoms with Crippen molar-refractivity contribution in [1.29, 1.82) is 0 Å². The second-order valence-corrected chi connectivity index (χ2v) is 7.52. The first-order chi connectivity index (χ1) is 8.90. The van der Waals surface area contributed by atoms with Crippen LogP contribution in [-0.2, 0) is 10.0 Å². The van der Waals surface area contributed by atoms with E-state index in [1.165, 1.54) is 6.42 Å². The lowest BCUT2D eigenvalue weighted by Gasteiger charge is -2.29. The van der Waals surface area contributed by atoms with E-state index in [-0.39, 0.29) is 6.04 Å². The highest BCUT2D eigenvalue weighted by Gasteiger charge is 2.26. The molecule has 0 radical (unpaired) electrons. The van der Waals surface area contributed by atoms with E-state index in [2.05, 4.69) is 11.6 Å². The Morgan fingerprint density at radius 2 is 1.95 bits per heavy atom. The predicted octanol–water partition coefficient (Wildman–Crippen LogP) is 3.51. The molecule has 19 heavy (non-hydrogen) atoms. The highest BCUT2D eigenvalue weighted by Crippen LogP contribution is 2.26. The zero-order valence-corrected chi connectivity index (χ0v) is 12.9. The van der Waals surface area contributed by atoms with Crippen molar-refractivity contribution in [3.8, 4) is 0 Å². The number of aryl methyl sites for hydroxylation is 1. The molecule has 0 unspecified atom stereocenters. The van der Waals surface area contributed by atoms with Gasteiger partial charge in [0.15, 0.2) is 0 Å². The minimum atomic E-state index is -3.44. The third-order valence-electron chi connectivity index (χ3n) is 3.86. The highest BCUT2D eigenvalue weighted by atomic mass is 35.5. The van der Waals surface area contributed by atoms with Crippen LogP contribution in [0.4, 0.5) is 0 Å². The fourth-order valence-electron chi connectivity index (χ4n) is 2.54. The molecule has 2 rings (SSSR count). The molecule has 0 aliphatic heterocycles. The predicted molar refractivity (Wildman–Crippen MR) is 77.9 cm³/mol. The number of sulfonamides is 1. The molecular weight excluding hydrogens is 282 g/mol. The van der Waals surface area contributed by atoms with Crippen molar-refractivity contribution in [2.75, 3.05) is 0 Å². The molecule has 1 saturated carbocycles. The number of halogens is 1. The van der Waals surface area contributed by atoms with Crippen molar-refractivity contribution in [3.05, 3.63) is 28.8 Å². The highest BCUT2D eigenvalue weighted by molar-refractivity contribution is 7.89. The van der Waals surface area contributed by atoms with Crippen molar-refractivity contribution in [3.63, 3.8) is 0 Å². The number of hydrogen-bond donors (Lipinski definition) is 1. The number of hydrogen-bond acceptors (Lipinski definition) is 2. The third-order valence-corrected chi connectivity index (χ3v) is 5.77. The largest absolute Gasteiger partial charge is 0.240 e. The zero-order valence-electron chi connectivity index (χ0n) is 11.3. The summed E-state index contributed by atoms with van der Waals surface area (Å²) in [6.45, 7) is 3.92. The first-order valence-corrected chi connectivity index (χ1v) is 8.55. The first-order valence-electron chi connectivity index (χ1n) is 6.68. The smallest absolute Gasteiger partial charge is 0.208 e. The van der Waals surface area contributed by atoms with Crippen LogP contribution in [0.5, 0.6) is 0 Å². The van der Waals surface area contributed by atoms with Gasteiger partial charge in [-0.3, -0.25) is 0 Å². The van der Waals surface area contributed by atoms with Gasteiger partial charge in [-0.2, -0.15) is 0 Å². The Morgan fingerprint density at radius 1 is 1.26 bits per heavy atom. The Balaban J connectivity index is 2.19. The molecule has 1 fully saturated rings. The van der Waals surface area contributed by atoms with Gasteiger partial charge in [-0.25, -0.2) is 13.1 Å². The van der Waals surface area contributed by atoms with Gasteiger partial charge in [0.25, 0.3) is 0 Å². The molecule has 1 aromatic rings. The molecule has 5 heteroatoms. The van der Waals surface area contributed by atoms with Gasteiger partial charge in [-0.15, -0.1) is 0 Å². The van der Waals surface area contributed by atoms with Gasteiger partial charge in [0.05, 0.1) is 4.90 Å². The molecule has 0 amide bonds. The molecule has 3 nitrogen and oxygen atoms in total. The molecule has 0 aromatic heterocycles. The Morgan fingerprint density at radius 3 is 2.58 bits per heavy atom. The molecule has 106 valence electrons. The van der Waals surface area contributed by atoms with Crippen LogP contribution >= 0.6 is 11.6 Å². The minimum Gasteiger partial charge on any atom is -0.208 e. The van der Waals surface area contributed by atoms with Crippen molar-refractivity contribution < 1.29 is 8.42 Å². The molecule has 1 aromatic carbocycles. The second-order valence-electron chi connectivity index (χ2n) is 5.40. The lowest BCUT2D eigenvalue weighted by molar-refractivity contribution is 0.310. The fourth-order valence-corrected chi connectivity index (χ4v) is 4.12. The van der Waals surface area contributed by atoms with Crippen LogP contribution in [0.1, 0.15) is 38.2 Å². The van der Waals surface area contributed by atoms with E-state index in [4.69, 9.17) is 11.6 Å². The van der Waals surface area contributed by atoms with Crippen LogP contribution < -0.4 is 4.72 Å². The van der Waals surface area contributed by atoms with Crippen LogP contribution in [0.3, 0.4) is 0 Å². The Kier molecular flexibility index (Phi) is 4.54. The Labute approximate surface area is 120 Å². The molecule has 0 heterocycles. The second kappa shape index (κ2) is 5.81. The maximum Gasteiger partial charge on any atom is 0.240 e. The van der Waals surface area contributed by atoms with Gasteiger partial charge >= 0.3 is 0 Å². The fraction of sp³-hybridized carbons (Fsp3) is 0.571. The first kappa shape index (κ1) is 14.8. The summed E-state index contributed by atoms with van der Waals surface area (Å²) in [4.78, 5) is 0.298. The van der Waals surface area contributed by atoms with Crippen LogP contribution in [0.2, 0.25) is 5.02 Å². The van der Waals surface area contributed by atoms with E-state index < -0.39 is 10.0 Å². The quantitative estimate of drug-likeness (QED) is 0.928. The molecule has 0 spiro atoms. The average molecular weight is 302 g/mol. The van der Waals surface area contributed by atoms with Gasteiger partial charge in [-0.1, -0.05) is 31.4 Å². The molecule has 0 saturated heterocycles. The van der Waals surface area contributed by atoms with Gasteiger partial charge in [0, 0.05) is 11.1 Å². The monoisotopic (exact) mass is 301 g/mol. The number of rotatable bonds is 3. The van der Waals surface area contributed by atoms with Crippen LogP contribution in [0, 0.1) is 12.8 Å². The SMILES string of the molecule is Cc1cc(S(=O)(=O)N[C@@H]2CCCC[C@@H]2C)ccc1Cl. The normalized spacial score (nSPS) is 24.4. The van der Waals surface area contributed by atoms with E-state index in [9.17, 15) is 8.42 Å². The Hall–Kier alpha value is -0.580. The van der Waals surface area contributed by atoms with Crippen molar-refractivity contribution in [2.24, 2.45) is 5.92 Å². The van der Waals surface area contributed by atoms with Gasteiger partial charge in [0.2, 0.25) is 10.0 Å². The Bertz CT molecular complexity index is 557. The van der Waals surface area contributed by atoms with Crippen LogP contribution in [0.25, 0.3) is 0 Å². The summed E-state index contributed by atoms with van der Waals surface area (Å²) < 4.78 is 27.5. The summed E-state index contributed by atoms with van der Waals surface area (Å²) in [5.74, 6) is 0.400. The van der Waals surface area contributed by atoms with E-state index in [1.54, 1.807) is 18.2 Å². The van der Waals surface area contributed by atoms with E-state index >= 15 is 0 Å². The van der Waals surface area contributed by atoms with E-state index in [1.807, 2.05) is 6.92 Å². The molecule has 1 N–H and O–H groups in total. The van der Waals surface area contributed by atoms with Gasteiger partial charge in [0.1, 0.15) is 0 Å². The standard InChI is InChI=1S/C14H20ClNO2S/c1-10-5-3-4-6-14(10)16-19(17,18)12-7-8-13(15)11(2)9-12/h7-10,14,16H,3-6H2,1-2H3/t10-,14+/m0/s1. The topological polar surface area (TPSA) is 46.2 Å². The number of nitrogens with one attached hydrogen (secondary N) is 1. The maximum absolute atomic E-state index is 12.4. The number of benzene rings is 1. The van der Waals surface area contributed by atoms with Crippen LogP contribution in [-0.4, -0.2) is 14.5 Å².